The largest absolute Gasteiger partial charge is 0.491 e. The molecule has 1 aliphatic rings. The minimum absolute atomic E-state index is 0.134. The summed E-state index contributed by atoms with van der Waals surface area (Å²) in [4.78, 5) is 36.0. The summed E-state index contributed by atoms with van der Waals surface area (Å²) in [5, 5.41) is 2.83. The zero-order valence-corrected chi connectivity index (χ0v) is 20.4. The first kappa shape index (κ1) is 24.7. The van der Waals surface area contributed by atoms with E-state index in [9.17, 15) is 9.59 Å². The van der Waals surface area contributed by atoms with Crippen molar-refractivity contribution in [3.05, 3.63) is 35.0 Å². The second kappa shape index (κ2) is 10.9. The van der Waals surface area contributed by atoms with Crippen molar-refractivity contribution < 1.29 is 23.5 Å². The monoisotopic (exact) mass is 484 g/mol. The van der Waals surface area contributed by atoms with Gasteiger partial charge in [0.1, 0.15) is 11.3 Å². The number of hydrogen-bond donors (Lipinski definition) is 2. The molecular formula is C24H32N6O5. The molecule has 11 heteroatoms. The zero-order chi connectivity index (χ0) is 24.9. The van der Waals surface area contributed by atoms with E-state index in [1.807, 2.05) is 11.5 Å². The Morgan fingerprint density at radius 1 is 1.17 bits per heavy atom. The van der Waals surface area contributed by atoms with Crippen LogP contribution in [0.4, 0.5) is 5.95 Å². The van der Waals surface area contributed by atoms with Crippen LogP contribution in [0.15, 0.2) is 16.5 Å². The van der Waals surface area contributed by atoms with Crippen LogP contribution in [0.3, 0.4) is 0 Å². The zero-order valence-electron chi connectivity index (χ0n) is 20.4. The topological polar surface area (TPSA) is 138 Å². The highest BCUT2D eigenvalue weighted by Crippen LogP contribution is 2.31. The van der Waals surface area contributed by atoms with Crippen molar-refractivity contribution in [2.24, 2.45) is 5.73 Å². The van der Waals surface area contributed by atoms with Crippen molar-refractivity contribution in [1.29, 1.82) is 0 Å². The SMILES string of the molecule is CCCn1c(NC(=O)c2oc(C)nc2C)nc2cc(C(N)=O)cc(OCCCN3CCOCC3)c21. The van der Waals surface area contributed by atoms with Gasteiger partial charge in [0, 0.05) is 38.7 Å². The number of rotatable bonds is 10. The minimum atomic E-state index is -0.576. The number of benzene rings is 1. The minimum Gasteiger partial charge on any atom is -0.491 e. The normalized spacial score (nSPS) is 14.4. The molecule has 0 atom stereocenters. The Morgan fingerprint density at radius 2 is 1.94 bits per heavy atom. The fourth-order valence-electron chi connectivity index (χ4n) is 4.21. The van der Waals surface area contributed by atoms with E-state index in [0.29, 0.717) is 53.0 Å². The number of nitrogens with two attached hydrogens (primary N) is 1. The second-order valence-corrected chi connectivity index (χ2v) is 8.55. The number of anilines is 1. The van der Waals surface area contributed by atoms with Gasteiger partial charge in [-0.25, -0.2) is 9.97 Å². The fraction of sp³-hybridized carbons (Fsp3) is 0.500. The van der Waals surface area contributed by atoms with Crippen LogP contribution in [0.5, 0.6) is 5.75 Å². The summed E-state index contributed by atoms with van der Waals surface area (Å²) in [6, 6.07) is 3.26. The lowest BCUT2D eigenvalue weighted by Crippen LogP contribution is -2.37. The standard InChI is InChI=1S/C24H32N6O5/c1-4-6-30-20-18(27-24(30)28-23(32)21-15(2)26-16(3)35-21)13-17(22(25)31)14-19(20)34-10-5-7-29-8-11-33-12-9-29/h13-14H,4-12H2,1-3H3,(H2,25,31)(H,27,28,32). The summed E-state index contributed by atoms with van der Waals surface area (Å²) in [6.07, 6.45) is 1.61. The molecule has 3 aromatic rings. The van der Waals surface area contributed by atoms with Gasteiger partial charge in [-0.3, -0.25) is 19.8 Å². The van der Waals surface area contributed by atoms with Gasteiger partial charge < -0.3 is 24.2 Å². The lowest BCUT2D eigenvalue weighted by atomic mass is 10.1. The number of ether oxygens (including phenoxy) is 2. The number of carbonyl (C=O) groups is 2. The molecule has 1 fully saturated rings. The Morgan fingerprint density at radius 3 is 2.60 bits per heavy atom. The number of nitrogens with one attached hydrogen (secondary N) is 1. The molecule has 188 valence electrons. The summed E-state index contributed by atoms with van der Waals surface area (Å²) < 4.78 is 18.9. The van der Waals surface area contributed by atoms with Crippen molar-refractivity contribution in [2.45, 2.75) is 40.2 Å². The number of oxazole rings is 1. The van der Waals surface area contributed by atoms with E-state index < -0.39 is 11.8 Å². The molecule has 0 unspecified atom stereocenters. The molecule has 0 aliphatic carbocycles. The van der Waals surface area contributed by atoms with Crippen LogP contribution in [-0.2, 0) is 11.3 Å². The summed E-state index contributed by atoms with van der Waals surface area (Å²) in [7, 11) is 0. The second-order valence-electron chi connectivity index (χ2n) is 8.55. The van der Waals surface area contributed by atoms with Crippen molar-refractivity contribution in [1.82, 2.24) is 19.4 Å². The number of aromatic nitrogens is 3. The number of amides is 2. The van der Waals surface area contributed by atoms with Crippen molar-refractivity contribution in [3.8, 4) is 5.75 Å². The van der Waals surface area contributed by atoms with Gasteiger partial charge in [0.05, 0.1) is 31.0 Å². The smallest absolute Gasteiger partial charge is 0.295 e. The van der Waals surface area contributed by atoms with Gasteiger partial charge in [-0.15, -0.1) is 0 Å². The molecule has 1 aromatic carbocycles. The molecule has 2 amide bonds. The summed E-state index contributed by atoms with van der Waals surface area (Å²) >= 11 is 0. The van der Waals surface area contributed by atoms with Crippen LogP contribution in [-0.4, -0.2) is 70.7 Å². The number of primary amides is 1. The van der Waals surface area contributed by atoms with Gasteiger partial charge in [0.15, 0.2) is 5.89 Å². The van der Waals surface area contributed by atoms with E-state index in [1.54, 1.807) is 26.0 Å². The Kier molecular flexibility index (Phi) is 7.67. The molecule has 3 heterocycles. The highest BCUT2D eigenvalue weighted by atomic mass is 16.5. The summed E-state index contributed by atoms with van der Waals surface area (Å²) in [5.41, 5.74) is 7.57. The maximum absolute atomic E-state index is 12.9. The van der Waals surface area contributed by atoms with Crippen LogP contribution in [0.2, 0.25) is 0 Å². The predicted molar refractivity (Wildman–Crippen MR) is 130 cm³/mol. The predicted octanol–water partition coefficient (Wildman–Crippen LogP) is 2.50. The highest BCUT2D eigenvalue weighted by Gasteiger charge is 2.22. The molecule has 0 saturated carbocycles. The fourth-order valence-corrected chi connectivity index (χ4v) is 4.21. The van der Waals surface area contributed by atoms with Gasteiger partial charge in [0.25, 0.3) is 5.91 Å². The molecule has 0 radical (unpaired) electrons. The number of hydrogen-bond acceptors (Lipinski definition) is 8. The van der Waals surface area contributed by atoms with Gasteiger partial charge in [0.2, 0.25) is 17.6 Å². The van der Waals surface area contributed by atoms with Crippen molar-refractivity contribution in [2.75, 3.05) is 44.8 Å². The lowest BCUT2D eigenvalue weighted by Gasteiger charge is -2.26. The highest BCUT2D eigenvalue weighted by molar-refractivity contribution is 6.04. The molecular weight excluding hydrogens is 452 g/mol. The molecule has 35 heavy (non-hydrogen) atoms. The van der Waals surface area contributed by atoms with Crippen molar-refractivity contribution >= 4 is 28.8 Å². The Labute approximate surface area is 203 Å². The molecule has 2 aromatic heterocycles. The maximum atomic E-state index is 12.9. The van der Waals surface area contributed by atoms with Crippen LogP contribution in [0.1, 0.15) is 52.3 Å². The Balaban J connectivity index is 1.61. The average molecular weight is 485 g/mol. The maximum Gasteiger partial charge on any atom is 0.295 e. The average Bonchev–Trinajstić information content (AvgIpc) is 3.36. The number of fused-ring (bicyclic) bond motifs is 1. The van der Waals surface area contributed by atoms with E-state index in [1.165, 1.54) is 0 Å². The third kappa shape index (κ3) is 5.63. The van der Waals surface area contributed by atoms with Gasteiger partial charge in [-0.1, -0.05) is 6.92 Å². The van der Waals surface area contributed by atoms with E-state index in [0.717, 1.165) is 45.7 Å². The summed E-state index contributed by atoms with van der Waals surface area (Å²) in [6.45, 7) is 10.7. The van der Waals surface area contributed by atoms with E-state index >= 15 is 0 Å². The van der Waals surface area contributed by atoms with E-state index in [-0.39, 0.29) is 5.76 Å². The van der Waals surface area contributed by atoms with Crippen LogP contribution in [0.25, 0.3) is 11.0 Å². The molecule has 0 spiro atoms. The van der Waals surface area contributed by atoms with Crippen LogP contribution >= 0.6 is 0 Å². The number of carbonyl (C=O) groups excluding carboxylic acids is 2. The molecule has 0 bridgehead atoms. The number of aryl methyl sites for hydroxylation is 3. The molecule has 11 nitrogen and oxygen atoms in total. The van der Waals surface area contributed by atoms with E-state index in [4.69, 9.17) is 19.6 Å². The molecule has 1 saturated heterocycles. The first-order chi connectivity index (χ1) is 16.9. The quantitative estimate of drug-likeness (QED) is 0.419. The lowest BCUT2D eigenvalue weighted by molar-refractivity contribution is 0.0358. The molecule has 1 aliphatic heterocycles. The van der Waals surface area contributed by atoms with Crippen molar-refractivity contribution in [3.63, 3.8) is 0 Å². The first-order valence-corrected chi connectivity index (χ1v) is 11.9. The first-order valence-electron chi connectivity index (χ1n) is 11.9. The Hall–Kier alpha value is -3.44. The third-order valence-electron chi connectivity index (χ3n) is 5.85. The van der Waals surface area contributed by atoms with Gasteiger partial charge in [-0.05, 0) is 31.9 Å². The third-order valence-corrected chi connectivity index (χ3v) is 5.85. The number of nitrogens with zero attached hydrogens (tertiary/aromatic N) is 4. The summed E-state index contributed by atoms with van der Waals surface area (Å²) in [5.74, 6) is 0.363. The number of imidazole rings is 1. The molecule has 4 rings (SSSR count). The Bertz CT molecular complexity index is 1210. The van der Waals surface area contributed by atoms with Crippen LogP contribution in [0, 0.1) is 13.8 Å². The van der Waals surface area contributed by atoms with E-state index in [2.05, 4.69) is 20.2 Å². The van der Waals surface area contributed by atoms with Gasteiger partial charge in [-0.2, -0.15) is 0 Å². The van der Waals surface area contributed by atoms with Crippen LogP contribution < -0.4 is 15.8 Å². The van der Waals surface area contributed by atoms with Gasteiger partial charge >= 0.3 is 0 Å². The molecule has 3 N–H and O–H groups in total. The number of morpholine rings is 1.